The molecule has 0 heterocycles. The first kappa shape index (κ1) is 17.1. The zero-order valence-electron chi connectivity index (χ0n) is 10.4. The Labute approximate surface area is 133 Å². The Morgan fingerprint density at radius 2 is 1.10 bits per heavy atom. The summed E-state index contributed by atoms with van der Waals surface area (Å²) in [5, 5.41) is 22.0. The van der Waals surface area contributed by atoms with Gasteiger partial charge in [0.1, 0.15) is 0 Å². The molecule has 2 aromatic carbocycles. The van der Waals surface area contributed by atoms with Crippen LogP contribution in [-0.4, -0.2) is 16.1 Å². The van der Waals surface area contributed by atoms with Gasteiger partial charge in [0.05, 0.1) is 32.5 Å². The number of hydrogen-bond donors (Lipinski definition) is 0. The van der Waals surface area contributed by atoms with Crippen molar-refractivity contribution < 1.29 is 41.1 Å². The van der Waals surface area contributed by atoms with Gasteiger partial charge in [0.15, 0.2) is 0 Å². The van der Waals surface area contributed by atoms with Crippen molar-refractivity contribution in [3.63, 3.8) is 0 Å². The van der Waals surface area contributed by atoms with Gasteiger partial charge in [0.25, 0.3) is 0 Å². The van der Waals surface area contributed by atoms with Crippen LogP contribution in [0.3, 0.4) is 0 Å². The Bertz CT molecular complexity index is 655. The van der Waals surface area contributed by atoms with Crippen molar-refractivity contribution >= 4 is 22.7 Å². The van der Waals surface area contributed by atoms with E-state index in [4.69, 9.17) is 0 Å². The van der Waals surface area contributed by atoms with Gasteiger partial charge in [-0.1, -0.05) is 36.4 Å². The predicted molar refractivity (Wildman–Crippen MR) is 66.2 cm³/mol. The Morgan fingerprint density at radius 3 is 1.43 bits per heavy atom. The first-order valence-electron chi connectivity index (χ1n) is 5.55. The Balaban J connectivity index is 0.00000220. The summed E-state index contributed by atoms with van der Waals surface area (Å²) >= 11 is 0. The summed E-state index contributed by atoms with van der Waals surface area (Å²) in [6.07, 6.45) is 0. The molecule has 2 rings (SSSR count). The summed E-state index contributed by atoms with van der Waals surface area (Å²) in [6.45, 7) is 0. The minimum Gasteiger partial charge on any atom is -0.545 e. The van der Waals surface area contributed by atoms with E-state index in [9.17, 15) is 24.0 Å². The van der Waals surface area contributed by atoms with E-state index in [2.05, 4.69) is 0 Å². The van der Waals surface area contributed by atoms with Crippen LogP contribution in [0.15, 0.2) is 58.3 Å². The third kappa shape index (κ3) is 3.58. The van der Waals surface area contributed by atoms with Gasteiger partial charge in [-0.15, -0.1) is 0 Å². The van der Waals surface area contributed by atoms with Crippen LogP contribution in [0, 0.1) is 0 Å². The van der Waals surface area contributed by atoms with E-state index in [1.165, 1.54) is 48.5 Å². The van der Waals surface area contributed by atoms with E-state index in [0.717, 1.165) is 0 Å². The number of hydrogen-bond acceptors (Lipinski definition) is 5. The van der Waals surface area contributed by atoms with Gasteiger partial charge >= 0.3 is 17.1 Å². The molecular weight excluding hydrogens is 335 g/mol. The van der Waals surface area contributed by atoms with Crippen LogP contribution in [0.25, 0.3) is 0 Å². The Morgan fingerprint density at radius 1 is 0.762 bits per heavy atom. The third-order valence-corrected chi connectivity index (χ3v) is 4.12. The fourth-order valence-corrected chi connectivity index (χ4v) is 3.06. The van der Waals surface area contributed by atoms with Crippen molar-refractivity contribution in [1.29, 1.82) is 0 Å². The number of carboxylic acid groups (broad SMARTS) is 2. The van der Waals surface area contributed by atoms with Crippen LogP contribution in [0.5, 0.6) is 0 Å². The molecule has 1 radical (unpaired) electrons. The van der Waals surface area contributed by atoms with Gasteiger partial charge in [-0.2, -0.15) is 0 Å². The minimum absolute atomic E-state index is 0. The molecule has 0 saturated carbocycles. The normalized spacial score (nSPS) is 9.95. The average Bonchev–Trinajstić information content (AvgIpc) is 2.46. The topological polar surface area (TPSA) is 97.3 Å². The molecule has 5 nitrogen and oxygen atoms in total. The van der Waals surface area contributed by atoms with E-state index >= 15 is 0 Å². The largest absolute Gasteiger partial charge is 2.00 e. The van der Waals surface area contributed by atoms with Crippen molar-refractivity contribution in [1.82, 2.24) is 0 Å². The molecule has 0 N–H and O–H groups in total. The number of carboxylic acids is 2. The monoisotopic (exact) mass is 343 g/mol. The summed E-state index contributed by atoms with van der Waals surface area (Å²) in [5.41, 5.74) is -0.474. The van der Waals surface area contributed by atoms with Gasteiger partial charge in [0.2, 0.25) is 0 Å². The molecule has 7 heteroatoms. The summed E-state index contributed by atoms with van der Waals surface area (Å²) in [4.78, 5) is 22.0. The quantitative estimate of drug-likeness (QED) is 0.702. The molecule has 107 valence electrons. The smallest absolute Gasteiger partial charge is 0.545 e. The van der Waals surface area contributed by atoms with E-state index in [-0.39, 0.29) is 38.0 Å². The maximum atomic E-state index is 12.4. The molecule has 0 aliphatic heterocycles. The second kappa shape index (κ2) is 7.17. The molecule has 0 amide bonds. The number of rotatable bonds is 4. The summed E-state index contributed by atoms with van der Waals surface area (Å²) in [6, 6.07) is 11.2. The molecule has 21 heavy (non-hydrogen) atoms. The number of carbonyl (C=O) groups excluding carboxylic acids is 2. The molecule has 0 atom stereocenters. The summed E-state index contributed by atoms with van der Waals surface area (Å²) < 4.78 is 12.4. The van der Waals surface area contributed by atoms with Crippen LogP contribution in [0.2, 0.25) is 0 Å². The molecule has 0 fully saturated rings. The van der Waals surface area contributed by atoms with Gasteiger partial charge in [0, 0.05) is 11.1 Å². The molecule has 0 aliphatic carbocycles. The molecule has 0 spiro atoms. The first-order chi connectivity index (χ1) is 9.52. The van der Waals surface area contributed by atoms with Crippen molar-refractivity contribution in [2.75, 3.05) is 0 Å². The SMILES string of the molecule is O=C([O-])c1ccccc1S(=O)c1ccccc1C(=O)[O-].[Mn+2]. The minimum atomic E-state index is -1.95. The van der Waals surface area contributed by atoms with E-state index in [1.807, 2.05) is 0 Å². The van der Waals surface area contributed by atoms with E-state index in [1.54, 1.807) is 0 Å². The molecule has 0 aliphatic rings. The Hall–Kier alpha value is -1.95. The van der Waals surface area contributed by atoms with Gasteiger partial charge in [-0.05, 0) is 12.1 Å². The van der Waals surface area contributed by atoms with Crippen molar-refractivity contribution in [3.8, 4) is 0 Å². The standard InChI is InChI=1S/C14H10O5S.Mn/c15-13(16)9-5-1-3-7-11(9)20(19)12-8-4-2-6-10(12)14(17)18;/h1-8H,(H,15,16)(H,17,18);/q;+2/p-2. The summed E-state index contributed by atoms with van der Waals surface area (Å²) in [5.74, 6) is -2.94. The van der Waals surface area contributed by atoms with Crippen molar-refractivity contribution in [2.45, 2.75) is 9.79 Å². The van der Waals surface area contributed by atoms with Crippen LogP contribution >= 0.6 is 0 Å². The second-order valence-electron chi connectivity index (χ2n) is 3.84. The molecule has 0 saturated heterocycles. The zero-order chi connectivity index (χ0) is 14.7. The van der Waals surface area contributed by atoms with Crippen LogP contribution < -0.4 is 10.2 Å². The molecule has 0 aromatic heterocycles. The van der Waals surface area contributed by atoms with Crippen molar-refractivity contribution in [3.05, 3.63) is 59.7 Å². The number of benzene rings is 2. The maximum absolute atomic E-state index is 12.4. The fraction of sp³-hybridized carbons (Fsp3) is 0. The average molecular weight is 343 g/mol. The fourth-order valence-electron chi connectivity index (χ4n) is 1.71. The molecular formula is C14H8MnO5S. The summed E-state index contributed by atoms with van der Waals surface area (Å²) in [7, 11) is -1.95. The van der Waals surface area contributed by atoms with Gasteiger partial charge in [-0.25, -0.2) is 4.21 Å². The number of aromatic carboxylic acids is 2. The van der Waals surface area contributed by atoms with E-state index in [0.29, 0.717) is 0 Å². The van der Waals surface area contributed by atoms with Gasteiger partial charge < -0.3 is 19.8 Å². The third-order valence-electron chi connectivity index (χ3n) is 2.61. The maximum Gasteiger partial charge on any atom is 2.00 e. The van der Waals surface area contributed by atoms with Crippen LogP contribution in [0.1, 0.15) is 20.7 Å². The van der Waals surface area contributed by atoms with Crippen LogP contribution in [0.4, 0.5) is 0 Å². The molecule has 0 unspecified atom stereocenters. The molecule has 0 bridgehead atoms. The van der Waals surface area contributed by atoms with Crippen LogP contribution in [-0.2, 0) is 27.9 Å². The van der Waals surface area contributed by atoms with Crippen molar-refractivity contribution in [2.24, 2.45) is 0 Å². The van der Waals surface area contributed by atoms with Gasteiger partial charge in [-0.3, -0.25) is 0 Å². The van der Waals surface area contributed by atoms with E-state index < -0.39 is 22.7 Å². The second-order valence-corrected chi connectivity index (χ2v) is 5.25. The predicted octanol–water partition coefficient (Wildman–Crippen LogP) is -0.422. The zero-order valence-corrected chi connectivity index (χ0v) is 12.4. The Kier molecular flexibility index (Phi) is 5.84. The number of carbonyl (C=O) groups is 2. The first-order valence-corrected chi connectivity index (χ1v) is 6.70. The molecule has 2 aromatic rings.